The summed E-state index contributed by atoms with van der Waals surface area (Å²) in [6.45, 7) is 3.39. The first-order valence-electron chi connectivity index (χ1n) is 9.66. The van der Waals surface area contributed by atoms with Crippen molar-refractivity contribution in [1.29, 1.82) is 0 Å². The van der Waals surface area contributed by atoms with E-state index in [9.17, 15) is 9.59 Å². The van der Waals surface area contributed by atoms with Gasteiger partial charge in [0.1, 0.15) is 5.82 Å². The molecule has 0 spiro atoms. The van der Waals surface area contributed by atoms with Gasteiger partial charge in [-0.2, -0.15) is 5.10 Å². The number of aromatic amines is 1. The summed E-state index contributed by atoms with van der Waals surface area (Å²) >= 11 is 0. The monoisotopic (exact) mass is 392 g/mol. The maximum Gasteiger partial charge on any atom is 0.255 e. The van der Waals surface area contributed by atoms with E-state index in [0.29, 0.717) is 31.0 Å². The van der Waals surface area contributed by atoms with Gasteiger partial charge in [-0.05, 0) is 36.2 Å². The number of pyridine rings is 1. The molecule has 1 saturated heterocycles. The highest BCUT2D eigenvalue weighted by atomic mass is 16.2. The normalized spacial score (nSPS) is 16.2. The van der Waals surface area contributed by atoms with Crippen molar-refractivity contribution in [2.45, 2.75) is 25.9 Å². The number of nitrogens with zero attached hydrogens (tertiary/aromatic N) is 4. The van der Waals surface area contributed by atoms with Crippen LogP contribution in [-0.4, -0.2) is 63.0 Å². The molecule has 0 bridgehead atoms. The van der Waals surface area contributed by atoms with Crippen molar-refractivity contribution < 1.29 is 9.59 Å². The highest BCUT2D eigenvalue weighted by molar-refractivity contribution is 5.94. The minimum absolute atomic E-state index is 0.0216. The van der Waals surface area contributed by atoms with Crippen LogP contribution in [0.3, 0.4) is 0 Å². The zero-order valence-corrected chi connectivity index (χ0v) is 16.6. The molecule has 8 heteroatoms. The van der Waals surface area contributed by atoms with E-state index in [1.807, 2.05) is 18.2 Å². The molecule has 1 fully saturated rings. The predicted molar refractivity (Wildman–Crippen MR) is 110 cm³/mol. The molecule has 0 saturated carbocycles. The standard InChI is InChI=1S/C21H24N6O2/c1-14(28)26(2)18-7-8-27(13-18)21(29)16-4-6-20(23-11-16)22-10-15-3-5-19-17(9-15)12-24-25-19/h3-6,9,11-12,18H,7-8,10,13H2,1-2H3,(H,22,23)(H,24,25)/t18-/m0/s1. The Balaban J connectivity index is 1.35. The summed E-state index contributed by atoms with van der Waals surface area (Å²) in [5, 5.41) is 11.3. The summed E-state index contributed by atoms with van der Waals surface area (Å²) in [6, 6.07) is 9.80. The molecule has 0 radical (unpaired) electrons. The van der Waals surface area contributed by atoms with E-state index in [1.165, 1.54) is 0 Å². The number of hydrogen-bond acceptors (Lipinski definition) is 5. The fraction of sp³-hybridized carbons (Fsp3) is 0.333. The third-order valence-electron chi connectivity index (χ3n) is 5.48. The van der Waals surface area contributed by atoms with Crippen molar-refractivity contribution in [3.63, 3.8) is 0 Å². The number of carbonyl (C=O) groups excluding carboxylic acids is 2. The second-order valence-electron chi connectivity index (χ2n) is 7.40. The summed E-state index contributed by atoms with van der Waals surface area (Å²) in [4.78, 5) is 32.1. The molecule has 1 atom stereocenters. The summed E-state index contributed by atoms with van der Waals surface area (Å²) < 4.78 is 0. The molecule has 8 nitrogen and oxygen atoms in total. The number of nitrogens with one attached hydrogen (secondary N) is 2. The number of anilines is 1. The first-order chi connectivity index (χ1) is 14.0. The van der Waals surface area contributed by atoms with Gasteiger partial charge in [0.2, 0.25) is 5.91 Å². The Kier molecular flexibility index (Phi) is 5.16. The van der Waals surface area contributed by atoms with E-state index in [1.54, 1.807) is 42.2 Å². The average Bonchev–Trinajstić information content (AvgIpc) is 3.40. The number of rotatable bonds is 5. The second kappa shape index (κ2) is 7.90. The zero-order valence-electron chi connectivity index (χ0n) is 16.6. The van der Waals surface area contributed by atoms with Gasteiger partial charge in [0.05, 0.1) is 23.3 Å². The van der Waals surface area contributed by atoms with Crippen molar-refractivity contribution >= 4 is 28.5 Å². The van der Waals surface area contributed by atoms with Crippen molar-refractivity contribution in [2.24, 2.45) is 0 Å². The Morgan fingerprint density at radius 2 is 2.14 bits per heavy atom. The van der Waals surface area contributed by atoms with Gasteiger partial charge in [0, 0.05) is 45.2 Å². The molecular weight excluding hydrogens is 368 g/mol. The first-order valence-corrected chi connectivity index (χ1v) is 9.66. The van der Waals surface area contributed by atoms with Crippen LogP contribution in [0.5, 0.6) is 0 Å². The minimum Gasteiger partial charge on any atom is -0.366 e. The second-order valence-corrected chi connectivity index (χ2v) is 7.40. The summed E-state index contributed by atoms with van der Waals surface area (Å²) in [7, 11) is 1.79. The Morgan fingerprint density at radius 1 is 1.28 bits per heavy atom. The lowest BCUT2D eigenvalue weighted by molar-refractivity contribution is -0.129. The molecule has 29 heavy (non-hydrogen) atoms. The third-order valence-corrected chi connectivity index (χ3v) is 5.48. The topological polar surface area (TPSA) is 94.2 Å². The maximum atomic E-state index is 12.7. The Labute approximate surface area is 168 Å². The largest absolute Gasteiger partial charge is 0.366 e. The van der Waals surface area contributed by atoms with Gasteiger partial charge in [-0.1, -0.05) is 6.07 Å². The number of hydrogen-bond donors (Lipinski definition) is 2. The number of H-pyrrole nitrogens is 1. The van der Waals surface area contributed by atoms with Crippen molar-refractivity contribution in [2.75, 3.05) is 25.5 Å². The van der Waals surface area contributed by atoms with E-state index in [-0.39, 0.29) is 17.9 Å². The minimum atomic E-state index is -0.0473. The van der Waals surface area contributed by atoms with Crippen LogP contribution < -0.4 is 5.32 Å². The number of likely N-dealkylation sites (N-methyl/N-ethyl adjacent to an activating group) is 1. The summed E-state index contributed by atoms with van der Waals surface area (Å²) in [5.41, 5.74) is 2.69. The van der Waals surface area contributed by atoms with E-state index < -0.39 is 0 Å². The van der Waals surface area contributed by atoms with Crippen LogP contribution in [0.1, 0.15) is 29.3 Å². The maximum absolute atomic E-state index is 12.7. The quantitative estimate of drug-likeness (QED) is 0.695. The lowest BCUT2D eigenvalue weighted by atomic mass is 10.1. The lowest BCUT2D eigenvalue weighted by Crippen LogP contribution is -2.38. The molecule has 1 aromatic carbocycles. The number of benzene rings is 1. The molecule has 3 aromatic rings. The summed E-state index contributed by atoms with van der Waals surface area (Å²) in [5.74, 6) is 0.687. The van der Waals surface area contributed by atoms with E-state index in [2.05, 4.69) is 26.6 Å². The van der Waals surface area contributed by atoms with Crippen molar-refractivity contribution in [1.82, 2.24) is 25.0 Å². The number of carbonyl (C=O) groups is 2. The van der Waals surface area contributed by atoms with Crippen LogP contribution in [0.2, 0.25) is 0 Å². The number of likely N-dealkylation sites (tertiary alicyclic amines) is 1. The fourth-order valence-corrected chi connectivity index (χ4v) is 3.60. The molecule has 3 heterocycles. The molecule has 2 amide bonds. The van der Waals surface area contributed by atoms with Gasteiger partial charge in [-0.15, -0.1) is 0 Å². The molecule has 4 rings (SSSR count). The van der Waals surface area contributed by atoms with Crippen LogP contribution in [0.25, 0.3) is 10.9 Å². The Morgan fingerprint density at radius 3 is 2.90 bits per heavy atom. The number of amides is 2. The molecule has 0 unspecified atom stereocenters. The van der Waals surface area contributed by atoms with Crippen LogP contribution in [0.4, 0.5) is 5.82 Å². The molecule has 2 aromatic heterocycles. The zero-order chi connectivity index (χ0) is 20.4. The Hall–Kier alpha value is -3.42. The summed E-state index contributed by atoms with van der Waals surface area (Å²) in [6.07, 6.45) is 4.20. The van der Waals surface area contributed by atoms with E-state index in [4.69, 9.17) is 0 Å². The smallest absolute Gasteiger partial charge is 0.255 e. The predicted octanol–water partition coefficient (Wildman–Crippen LogP) is 2.26. The SMILES string of the molecule is CC(=O)N(C)[C@H]1CCN(C(=O)c2ccc(NCc3ccc4[nH]ncc4c3)nc2)C1. The molecular formula is C21H24N6O2. The van der Waals surface area contributed by atoms with Gasteiger partial charge in [0.15, 0.2) is 0 Å². The highest BCUT2D eigenvalue weighted by Crippen LogP contribution is 2.18. The molecule has 150 valence electrons. The van der Waals surface area contributed by atoms with E-state index >= 15 is 0 Å². The van der Waals surface area contributed by atoms with Crippen LogP contribution in [0, 0.1) is 0 Å². The number of fused-ring (bicyclic) bond motifs is 1. The first kappa shape index (κ1) is 18.9. The van der Waals surface area contributed by atoms with Crippen LogP contribution >= 0.6 is 0 Å². The highest BCUT2D eigenvalue weighted by Gasteiger charge is 2.30. The molecule has 1 aliphatic heterocycles. The van der Waals surface area contributed by atoms with Crippen molar-refractivity contribution in [3.8, 4) is 0 Å². The fourth-order valence-electron chi connectivity index (χ4n) is 3.60. The Bertz CT molecular complexity index is 1030. The van der Waals surface area contributed by atoms with Crippen LogP contribution in [0.15, 0.2) is 42.7 Å². The van der Waals surface area contributed by atoms with Gasteiger partial charge in [0.25, 0.3) is 5.91 Å². The van der Waals surface area contributed by atoms with Gasteiger partial charge in [-0.3, -0.25) is 14.7 Å². The lowest BCUT2D eigenvalue weighted by Gasteiger charge is -2.23. The van der Waals surface area contributed by atoms with E-state index in [0.717, 1.165) is 22.9 Å². The number of aromatic nitrogens is 3. The molecule has 0 aliphatic carbocycles. The third kappa shape index (κ3) is 4.06. The van der Waals surface area contributed by atoms with Crippen LogP contribution in [-0.2, 0) is 11.3 Å². The average molecular weight is 392 g/mol. The van der Waals surface area contributed by atoms with Gasteiger partial charge in [-0.25, -0.2) is 4.98 Å². The van der Waals surface area contributed by atoms with Gasteiger partial charge < -0.3 is 15.1 Å². The molecule has 2 N–H and O–H groups in total. The molecule has 1 aliphatic rings. The van der Waals surface area contributed by atoms with Gasteiger partial charge >= 0.3 is 0 Å². The van der Waals surface area contributed by atoms with Crippen molar-refractivity contribution in [3.05, 3.63) is 53.9 Å².